The normalized spacial score (nSPS) is 27.4. The summed E-state index contributed by atoms with van der Waals surface area (Å²) < 4.78 is 29.2. The molecule has 2 fully saturated rings. The zero-order chi connectivity index (χ0) is 25.8. The number of furan rings is 1. The third-order valence-electron chi connectivity index (χ3n) is 6.13. The van der Waals surface area contributed by atoms with E-state index in [2.05, 4.69) is 5.32 Å². The maximum atomic E-state index is 13.0. The van der Waals surface area contributed by atoms with Gasteiger partial charge in [-0.25, -0.2) is 0 Å². The number of benzene rings is 2. The quantitative estimate of drug-likeness (QED) is 0.371. The summed E-state index contributed by atoms with van der Waals surface area (Å²) >= 11 is 0. The summed E-state index contributed by atoms with van der Waals surface area (Å²) in [5.74, 6) is 0.0540. The number of ketones is 1. The second kappa shape index (κ2) is 11.1. The van der Waals surface area contributed by atoms with Gasteiger partial charge in [0.1, 0.15) is 30.1 Å². The summed E-state index contributed by atoms with van der Waals surface area (Å²) in [7, 11) is 0. The standard InChI is InChI=1S/C28H27NO8/c1-17(30)29-24-25(32)26-23(16-34-27(37-26)22-12-7-15-33-22)36-28(24)35-21-11-6-5-10-19(21)20(31)14-13-18-8-3-2-4-9-18/h2-15,23-28,32H,16H2,1H3,(H,29,30)/b14-13+. The fraction of sp³-hybridized carbons (Fsp3) is 0.286. The minimum atomic E-state index is -1.19. The van der Waals surface area contributed by atoms with Gasteiger partial charge in [-0.05, 0) is 35.9 Å². The van der Waals surface area contributed by atoms with Crippen molar-refractivity contribution in [2.45, 2.75) is 43.9 Å². The Bertz CT molecular complexity index is 1240. The predicted octanol–water partition coefficient (Wildman–Crippen LogP) is 3.26. The maximum Gasteiger partial charge on any atom is 0.223 e. The number of hydrogen-bond donors (Lipinski definition) is 2. The van der Waals surface area contributed by atoms with Gasteiger partial charge in [-0.2, -0.15) is 0 Å². The van der Waals surface area contributed by atoms with Crippen LogP contribution in [0.25, 0.3) is 6.08 Å². The summed E-state index contributed by atoms with van der Waals surface area (Å²) in [4.78, 5) is 25.0. The van der Waals surface area contributed by atoms with Gasteiger partial charge < -0.3 is 33.8 Å². The summed E-state index contributed by atoms with van der Waals surface area (Å²) in [5.41, 5.74) is 1.19. The van der Waals surface area contributed by atoms with E-state index in [1.54, 1.807) is 42.5 Å². The van der Waals surface area contributed by atoms with Crippen molar-refractivity contribution in [3.63, 3.8) is 0 Å². The first-order valence-corrected chi connectivity index (χ1v) is 11.9. The number of rotatable bonds is 7. The molecule has 0 saturated carbocycles. The van der Waals surface area contributed by atoms with Crippen LogP contribution >= 0.6 is 0 Å². The number of hydrogen-bond acceptors (Lipinski definition) is 8. The van der Waals surface area contributed by atoms with Gasteiger partial charge in [0, 0.05) is 6.92 Å². The van der Waals surface area contributed by atoms with Crippen LogP contribution in [0.3, 0.4) is 0 Å². The van der Waals surface area contributed by atoms with E-state index in [1.807, 2.05) is 30.3 Å². The molecule has 0 spiro atoms. The van der Waals surface area contributed by atoms with Gasteiger partial charge >= 0.3 is 0 Å². The minimum Gasteiger partial charge on any atom is -0.464 e. The van der Waals surface area contributed by atoms with Gasteiger partial charge in [0.2, 0.25) is 18.5 Å². The number of nitrogens with one attached hydrogen (secondary N) is 1. The molecule has 0 aliphatic carbocycles. The number of fused-ring (bicyclic) bond motifs is 1. The van der Waals surface area contributed by atoms with Crippen LogP contribution in [-0.2, 0) is 19.0 Å². The lowest BCUT2D eigenvalue weighted by Crippen LogP contribution is -2.67. The molecule has 6 atom stereocenters. The van der Waals surface area contributed by atoms with Crippen molar-refractivity contribution in [1.82, 2.24) is 5.32 Å². The van der Waals surface area contributed by atoms with E-state index in [0.717, 1.165) is 5.56 Å². The molecular weight excluding hydrogens is 478 g/mol. The number of ether oxygens (including phenoxy) is 4. The topological polar surface area (TPSA) is 116 Å². The Labute approximate surface area is 213 Å². The van der Waals surface area contributed by atoms with Gasteiger partial charge in [0.15, 0.2) is 11.5 Å². The van der Waals surface area contributed by atoms with Crippen molar-refractivity contribution in [3.8, 4) is 5.75 Å². The molecule has 37 heavy (non-hydrogen) atoms. The lowest BCUT2D eigenvalue weighted by molar-refractivity contribution is -0.336. The summed E-state index contributed by atoms with van der Waals surface area (Å²) in [6.45, 7) is 1.43. The largest absolute Gasteiger partial charge is 0.464 e. The van der Waals surface area contributed by atoms with Gasteiger partial charge in [0.05, 0.1) is 18.4 Å². The molecule has 0 bridgehead atoms. The van der Waals surface area contributed by atoms with Crippen LogP contribution in [0.1, 0.15) is 34.9 Å². The summed E-state index contributed by atoms with van der Waals surface area (Å²) in [6, 6.07) is 18.6. The van der Waals surface area contributed by atoms with E-state index < -0.39 is 36.9 Å². The fourth-order valence-corrected chi connectivity index (χ4v) is 4.37. The molecule has 9 nitrogen and oxygen atoms in total. The second-order valence-electron chi connectivity index (χ2n) is 8.76. The SMILES string of the molecule is CC(=O)NC1C(Oc2ccccc2C(=O)/C=C/c2ccccc2)OC2COC(c3ccco3)OC2C1O. The van der Waals surface area contributed by atoms with E-state index in [0.29, 0.717) is 11.3 Å². The van der Waals surface area contributed by atoms with E-state index in [1.165, 1.54) is 19.3 Å². The Hall–Kier alpha value is -3.76. The van der Waals surface area contributed by atoms with E-state index in [9.17, 15) is 14.7 Å². The molecule has 2 saturated heterocycles. The number of aliphatic hydroxyl groups is 1. The predicted molar refractivity (Wildman–Crippen MR) is 131 cm³/mol. The molecule has 9 heteroatoms. The Balaban J connectivity index is 1.35. The average molecular weight is 506 g/mol. The van der Waals surface area contributed by atoms with Crippen molar-refractivity contribution >= 4 is 17.8 Å². The monoisotopic (exact) mass is 505 g/mol. The molecular formula is C28H27NO8. The highest BCUT2D eigenvalue weighted by atomic mass is 16.8. The van der Waals surface area contributed by atoms with E-state index in [-0.39, 0.29) is 24.0 Å². The molecule has 6 unspecified atom stereocenters. The summed E-state index contributed by atoms with van der Waals surface area (Å²) in [6.07, 6.45) is 0.0706. The van der Waals surface area contributed by atoms with Crippen LogP contribution in [0, 0.1) is 0 Å². The van der Waals surface area contributed by atoms with Gasteiger partial charge in [-0.1, -0.05) is 48.5 Å². The van der Waals surface area contributed by atoms with Crippen LogP contribution in [0.5, 0.6) is 5.75 Å². The molecule has 5 rings (SSSR count). The molecule has 1 amide bonds. The number of amides is 1. The van der Waals surface area contributed by atoms with Crippen LogP contribution < -0.4 is 10.1 Å². The number of allylic oxidation sites excluding steroid dienone is 1. The lowest BCUT2D eigenvalue weighted by atomic mass is 9.95. The Morgan fingerprint density at radius 3 is 2.57 bits per heavy atom. The van der Waals surface area contributed by atoms with Crippen LogP contribution in [0.2, 0.25) is 0 Å². The Kier molecular flexibility index (Phi) is 7.47. The Morgan fingerprint density at radius 2 is 1.81 bits per heavy atom. The van der Waals surface area contributed by atoms with Crippen LogP contribution in [0.15, 0.2) is 83.5 Å². The van der Waals surface area contributed by atoms with Gasteiger partial charge in [-0.15, -0.1) is 0 Å². The summed E-state index contributed by atoms with van der Waals surface area (Å²) in [5, 5.41) is 13.9. The van der Waals surface area contributed by atoms with Crippen molar-refractivity contribution < 1.29 is 38.1 Å². The molecule has 2 aromatic carbocycles. The van der Waals surface area contributed by atoms with Crippen molar-refractivity contribution in [2.75, 3.05) is 6.61 Å². The van der Waals surface area contributed by atoms with Crippen LogP contribution in [0.4, 0.5) is 0 Å². The first-order chi connectivity index (χ1) is 18.0. The molecule has 192 valence electrons. The van der Waals surface area contributed by atoms with Crippen molar-refractivity contribution in [3.05, 3.63) is 96.0 Å². The first-order valence-electron chi connectivity index (χ1n) is 11.9. The van der Waals surface area contributed by atoms with E-state index >= 15 is 0 Å². The molecule has 2 N–H and O–H groups in total. The van der Waals surface area contributed by atoms with Crippen LogP contribution in [-0.4, -0.2) is 54.0 Å². The lowest BCUT2D eigenvalue weighted by Gasteiger charge is -2.47. The number of aliphatic hydroxyl groups excluding tert-OH is 1. The van der Waals surface area contributed by atoms with Gasteiger partial charge in [0.25, 0.3) is 0 Å². The highest BCUT2D eigenvalue weighted by Gasteiger charge is 2.51. The average Bonchev–Trinajstić information content (AvgIpc) is 3.45. The third kappa shape index (κ3) is 5.65. The second-order valence-corrected chi connectivity index (χ2v) is 8.76. The molecule has 3 aromatic rings. The third-order valence-corrected chi connectivity index (χ3v) is 6.13. The first kappa shape index (κ1) is 24.9. The number of carbonyl (C=O) groups is 2. The minimum absolute atomic E-state index is 0.0974. The Morgan fingerprint density at radius 1 is 1.03 bits per heavy atom. The van der Waals surface area contributed by atoms with Crippen molar-refractivity contribution in [1.29, 1.82) is 0 Å². The highest BCUT2D eigenvalue weighted by Crippen LogP contribution is 2.35. The number of carbonyl (C=O) groups excluding carboxylic acids is 2. The molecule has 1 aromatic heterocycles. The zero-order valence-corrected chi connectivity index (χ0v) is 20.1. The van der Waals surface area contributed by atoms with Crippen molar-refractivity contribution in [2.24, 2.45) is 0 Å². The molecule has 3 heterocycles. The highest BCUT2D eigenvalue weighted by molar-refractivity contribution is 6.08. The smallest absolute Gasteiger partial charge is 0.223 e. The number of para-hydroxylation sites is 1. The van der Waals surface area contributed by atoms with E-state index in [4.69, 9.17) is 23.4 Å². The van der Waals surface area contributed by atoms with Gasteiger partial charge in [-0.3, -0.25) is 9.59 Å². The molecule has 2 aliphatic rings. The molecule has 0 radical (unpaired) electrons. The maximum absolute atomic E-state index is 13.0. The zero-order valence-electron chi connectivity index (χ0n) is 20.1. The fourth-order valence-electron chi connectivity index (χ4n) is 4.37. The molecule has 2 aliphatic heterocycles.